The molecule has 5 nitrogen and oxygen atoms in total. The first-order valence-electron chi connectivity index (χ1n) is 8.40. The van der Waals surface area contributed by atoms with Gasteiger partial charge in [-0.3, -0.25) is 9.69 Å². The van der Waals surface area contributed by atoms with Gasteiger partial charge in [0, 0.05) is 12.2 Å². The zero-order valence-electron chi connectivity index (χ0n) is 15.2. The van der Waals surface area contributed by atoms with E-state index in [-0.39, 0.29) is 12.5 Å². The van der Waals surface area contributed by atoms with Crippen molar-refractivity contribution in [2.75, 3.05) is 18.9 Å². The van der Waals surface area contributed by atoms with Crippen LogP contribution in [0.15, 0.2) is 53.4 Å². The van der Waals surface area contributed by atoms with Crippen molar-refractivity contribution in [3.8, 4) is 0 Å². The largest absolute Gasteiger partial charge is 0.341 e. The van der Waals surface area contributed by atoms with Crippen molar-refractivity contribution in [3.63, 3.8) is 0 Å². The summed E-state index contributed by atoms with van der Waals surface area (Å²) in [6.45, 7) is 2.82. The first kappa shape index (κ1) is 21.0. The summed E-state index contributed by atoms with van der Waals surface area (Å²) < 4.78 is 47.8. The molecule has 146 valence electrons. The van der Waals surface area contributed by atoms with Gasteiger partial charge in [-0.2, -0.15) is 8.78 Å². The predicted molar refractivity (Wildman–Crippen MR) is 100 cm³/mol. The Hall–Kier alpha value is -2.32. The molecule has 1 N–H and O–H groups in total. The Morgan fingerprint density at radius 2 is 1.59 bits per heavy atom. The molecule has 0 atom stereocenters. The highest BCUT2D eigenvalue weighted by molar-refractivity contribution is 7.91. The lowest BCUT2D eigenvalue weighted by molar-refractivity contribution is -0.117. The van der Waals surface area contributed by atoms with Gasteiger partial charge < -0.3 is 5.32 Å². The molecule has 0 aliphatic carbocycles. The minimum Gasteiger partial charge on any atom is -0.325 e. The van der Waals surface area contributed by atoms with Crippen molar-refractivity contribution < 1.29 is 22.0 Å². The molecule has 0 unspecified atom stereocenters. The Morgan fingerprint density at radius 1 is 1.04 bits per heavy atom. The first-order chi connectivity index (χ1) is 12.7. The lowest BCUT2D eigenvalue weighted by Gasteiger charge is -2.16. The van der Waals surface area contributed by atoms with Crippen molar-refractivity contribution in [3.05, 3.63) is 59.7 Å². The van der Waals surface area contributed by atoms with Gasteiger partial charge in [-0.05, 0) is 48.9 Å². The monoisotopic (exact) mass is 396 g/mol. The number of hydrogen-bond acceptors (Lipinski definition) is 4. The molecule has 0 saturated carbocycles. The Kier molecular flexibility index (Phi) is 7.04. The number of sulfone groups is 1. The number of benzene rings is 2. The number of rotatable bonds is 8. The average molecular weight is 396 g/mol. The molecule has 8 heteroatoms. The quantitative estimate of drug-likeness (QED) is 0.743. The van der Waals surface area contributed by atoms with Crippen LogP contribution in [0.1, 0.15) is 18.1 Å². The number of anilines is 1. The molecule has 0 saturated heterocycles. The van der Waals surface area contributed by atoms with Gasteiger partial charge in [0.2, 0.25) is 15.7 Å². The number of carbonyl (C=O) groups is 1. The fraction of sp³-hybridized carbons (Fsp3) is 0.316. The summed E-state index contributed by atoms with van der Waals surface area (Å²) in [5.74, 6) is -3.76. The SMILES string of the molecule is CCc1ccc(CN(C)CC(=O)Nc2ccc(S(=O)(=O)C(F)F)cc2)cc1. The van der Waals surface area contributed by atoms with Crippen LogP contribution in [0.3, 0.4) is 0 Å². The van der Waals surface area contributed by atoms with Crippen LogP contribution in [0.25, 0.3) is 0 Å². The summed E-state index contributed by atoms with van der Waals surface area (Å²) in [5.41, 5.74) is 2.68. The number of nitrogens with one attached hydrogen (secondary N) is 1. The van der Waals surface area contributed by atoms with Crippen molar-refractivity contribution >= 4 is 21.4 Å². The molecule has 0 aliphatic heterocycles. The van der Waals surface area contributed by atoms with Crippen LogP contribution < -0.4 is 5.32 Å². The molecule has 27 heavy (non-hydrogen) atoms. The second-order valence-corrected chi connectivity index (χ2v) is 8.14. The molecule has 0 radical (unpaired) electrons. The standard InChI is InChI=1S/C19H22F2N2O3S/c1-3-14-4-6-15(7-5-14)12-23(2)13-18(24)22-16-8-10-17(11-9-16)27(25,26)19(20)21/h4-11,19H,3,12-13H2,1-2H3,(H,22,24). The number of alkyl halides is 2. The third-order valence-electron chi connectivity index (χ3n) is 4.00. The van der Waals surface area contributed by atoms with E-state index >= 15 is 0 Å². The molecule has 0 fully saturated rings. The van der Waals surface area contributed by atoms with Gasteiger partial charge in [0.25, 0.3) is 0 Å². The molecule has 2 aromatic carbocycles. The summed E-state index contributed by atoms with van der Waals surface area (Å²) in [7, 11) is -2.82. The van der Waals surface area contributed by atoms with Gasteiger partial charge in [-0.15, -0.1) is 0 Å². The van der Waals surface area contributed by atoms with Crippen LogP contribution in [0, 0.1) is 0 Å². The van der Waals surface area contributed by atoms with E-state index in [4.69, 9.17) is 0 Å². The zero-order chi connectivity index (χ0) is 20.0. The fourth-order valence-corrected chi connectivity index (χ4v) is 3.25. The summed E-state index contributed by atoms with van der Waals surface area (Å²) in [6, 6.07) is 12.8. The van der Waals surface area contributed by atoms with Crippen LogP contribution in [0.4, 0.5) is 14.5 Å². The average Bonchev–Trinajstić information content (AvgIpc) is 2.62. The Bertz CT molecular complexity index is 867. The maximum atomic E-state index is 12.5. The van der Waals surface area contributed by atoms with E-state index in [1.54, 1.807) is 0 Å². The van der Waals surface area contributed by atoms with E-state index in [0.29, 0.717) is 12.2 Å². The summed E-state index contributed by atoms with van der Waals surface area (Å²) in [4.78, 5) is 13.5. The van der Waals surface area contributed by atoms with Crippen LogP contribution in [-0.2, 0) is 27.6 Å². The van der Waals surface area contributed by atoms with Crippen LogP contribution in [-0.4, -0.2) is 38.6 Å². The van der Waals surface area contributed by atoms with E-state index in [1.807, 2.05) is 24.1 Å². The van der Waals surface area contributed by atoms with E-state index < -0.39 is 20.5 Å². The predicted octanol–water partition coefficient (Wildman–Crippen LogP) is 3.32. The zero-order valence-corrected chi connectivity index (χ0v) is 16.0. The fourth-order valence-electron chi connectivity index (χ4n) is 2.52. The number of carbonyl (C=O) groups excluding carboxylic acids is 1. The third kappa shape index (κ3) is 5.83. The lowest BCUT2D eigenvalue weighted by Crippen LogP contribution is -2.29. The highest BCUT2D eigenvalue weighted by Gasteiger charge is 2.26. The number of nitrogens with zero attached hydrogens (tertiary/aromatic N) is 1. The molecule has 1 amide bonds. The van der Waals surface area contributed by atoms with E-state index in [1.165, 1.54) is 17.7 Å². The number of hydrogen-bond donors (Lipinski definition) is 1. The second kappa shape index (κ2) is 9.05. The molecule has 0 aromatic heterocycles. The topological polar surface area (TPSA) is 66.5 Å². The Labute approximate surface area is 157 Å². The van der Waals surface area contributed by atoms with Crippen molar-refractivity contribution in [2.45, 2.75) is 30.5 Å². The van der Waals surface area contributed by atoms with E-state index in [2.05, 4.69) is 24.4 Å². The number of halogens is 2. The lowest BCUT2D eigenvalue weighted by atomic mass is 10.1. The van der Waals surface area contributed by atoms with Crippen LogP contribution in [0.5, 0.6) is 0 Å². The summed E-state index contributed by atoms with van der Waals surface area (Å²) >= 11 is 0. The van der Waals surface area contributed by atoms with Crippen molar-refractivity contribution in [1.29, 1.82) is 0 Å². The van der Waals surface area contributed by atoms with Gasteiger partial charge in [0.05, 0.1) is 11.4 Å². The Morgan fingerprint density at radius 3 is 2.11 bits per heavy atom. The Balaban J connectivity index is 1.91. The molecule has 0 aliphatic rings. The van der Waals surface area contributed by atoms with Gasteiger partial charge in [0.15, 0.2) is 0 Å². The smallest absolute Gasteiger partial charge is 0.325 e. The minimum atomic E-state index is -4.64. The second-order valence-electron chi connectivity index (χ2n) is 6.22. The molecular weight excluding hydrogens is 374 g/mol. The van der Waals surface area contributed by atoms with Gasteiger partial charge in [0.1, 0.15) is 0 Å². The first-order valence-corrected chi connectivity index (χ1v) is 9.95. The van der Waals surface area contributed by atoms with E-state index in [9.17, 15) is 22.0 Å². The van der Waals surface area contributed by atoms with Gasteiger partial charge in [-0.25, -0.2) is 8.42 Å². The summed E-state index contributed by atoms with van der Waals surface area (Å²) in [6.07, 6.45) is 0.968. The molecular formula is C19H22F2N2O3S. The van der Waals surface area contributed by atoms with Gasteiger partial charge >= 0.3 is 5.76 Å². The van der Waals surface area contributed by atoms with Crippen molar-refractivity contribution in [2.24, 2.45) is 0 Å². The number of amides is 1. The van der Waals surface area contributed by atoms with E-state index in [0.717, 1.165) is 24.1 Å². The van der Waals surface area contributed by atoms with Gasteiger partial charge in [-0.1, -0.05) is 31.2 Å². The highest BCUT2D eigenvalue weighted by Crippen LogP contribution is 2.20. The normalized spacial score (nSPS) is 11.8. The maximum Gasteiger partial charge on any atom is 0.341 e. The molecule has 0 bridgehead atoms. The van der Waals surface area contributed by atoms with Crippen molar-refractivity contribution in [1.82, 2.24) is 4.90 Å². The molecule has 0 heterocycles. The maximum absolute atomic E-state index is 12.5. The summed E-state index contributed by atoms with van der Waals surface area (Å²) in [5, 5.41) is 2.62. The van der Waals surface area contributed by atoms with Crippen LogP contribution in [0.2, 0.25) is 0 Å². The molecule has 2 aromatic rings. The molecule has 0 spiro atoms. The highest BCUT2D eigenvalue weighted by atomic mass is 32.2. The minimum absolute atomic E-state index is 0.132. The van der Waals surface area contributed by atoms with Crippen LogP contribution >= 0.6 is 0 Å². The molecule has 2 rings (SSSR count). The number of likely N-dealkylation sites (N-methyl/N-ethyl adjacent to an activating group) is 1. The third-order valence-corrected chi connectivity index (χ3v) is 5.40. The number of aryl methyl sites for hydroxylation is 1.